The van der Waals surface area contributed by atoms with Crippen molar-refractivity contribution in [2.24, 2.45) is 0 Å². The van der Waals surface area contributed by atoms with Gasteiger partial charge in [-0.1, -0.05) is 32.4 Å². The number of aliphatic hydroxyl groups excluding tert-OH is 1. The second-order valence-corrected chi connectivity index (χ2v) is 6.17. The van der Waals surface area contributed by atoms with Crippen molar-refractivity contribution in [3.8, 4) is 0 Å². The number of rotatable bonds is 4. The highest BCUT2D eigenvalue weighted by molar-refractivity contribution is 6.29. The van der Waals surface area contributed by atoms with Gasteiger partial charge in [-0.2, -0.15) is 0 Å². The van der Waals surface area contributed by atoms with E-state index in [4.69, 9.17) is 11.6 Å². The maximum Gasteiger partial charge on any atom is 0.137 e. The molecule has 0 radical (unpaired) electrons. The lowest BCUT2D eigenvalue weighted by Crippen LogP contribution is -2.23. The molecule has 2 N–H and O–H groups in total. The molecule has 5 heteroatoms. The van der Waals surface area contributed by atoms with Crippen LogP contribution in [0.15, 0.2) is 6.07 Å². The molecule has 1 rings (SSSR count). The van der Waals surface area contributed by atoms with Crippen LogP contribution in [-0.2, 0) is 5.41 Å². The van der Waals surface area contributed by atoms with Gasteiger partial charge in [0.15, 0.2) is 0 Å². The number of hydrogen-bond acceptors (Lipinski definition) is 4. The molecular formula is C13H22ClN3O. The molecule has 0 saturated heterocycles. The zero-order valence-corrected chi connectivity index (χ0v) is 12.4. The third kappa shape index (κ3) is 4.78. The molecular weight excluding hydrogens is 250 g/mol. The number of nitrogens with one attached hydrogen (secondary N) is 1. The van der Waals surface area contributed by atoms with Crippen molar-refractivity contribution in [2.75, 3.05) is 5.32 Å². The summed E-state index contributed by atoms with van der Waals surface area (Å²) in [5.74, 6) is 1.41. The maximum absolute atomic E-state index is 9.34. The third-order valence-electron chi connectivity index (χ3n) is 2.45. The van der Waals surface area contributed by atoms with Crippen molar-refractivity contribution >= 4 is 17.4 Å². The van der Waals surface area contributed by atoms with Crippen molar-refractivity contribution < 1.29 is 5.11 Å². The van der Waals surface area contributed by atoms with Crippen molar-refractivity contribution in [3.63, 3.8) is 0 Å². The molecule has 2 unspecified atom stereocenters. The number of halogens is 1. The van der Waals surface area contributed by atoms with E-state index in [9.17, 15) is 5.11 Å². The van der Waals surface area contributed by atoms with Crippen molar-refractivity contribution in [1.29, 1.82) is 0 Å². The first-order valence-electron chi connectivity index (χ1n) is 6.18. The largest absolute Gasteiger partial charge is 0.393 e. The van der Waals surface area contributed by atoms with Gasteiger partial charge in [-0.15, -0.1) is 0 Å². The van der Waals surface area contributed by atoms with Gasteiger partial charge in [0.1, 0.15) is 16.8 Å². The first kappa shape index (κ1) is 15.2. The van der Waals surface area contributed by atoms with Crippen LogP contribution in [0.3, 0.4) is 0 Å². The quantitative estimate of drug-likeness (QED) is 0.827. The number of aromatic nitrogens is 2. The monoisotopic (exact) mass is 271 g/mol. The van der Waals surface area contributed by atoms with Crippen molar-refractivity contribution in [3.05, 3.63) is 17.0 Å². The SMILES string of the molecule is CC(O)CC(C)Nc1cc(Cl)nc(C(C)(C)C)n1. The van der Waals surface area contributed by atoms with Gasteiger partial charge in [0, 0.05) is 17.5 Å². The van der Waals surface area contributed by atoms with Gasteiger partial charge in [0.25, 0.3) is 0 Å². The molecule has 102 valence electrons. The fraction of sp³-hybridized carbons (Fsp3) is 0.692. The Hall–Kier alpha value is -0.870. The summed E-state index contributed by atoms with van der Waals surface area (Å²) in [4.78, 5) is 8.70. The molecule has 0 aromatic carbocycles. The summed E-state index contributed by atoms with van der Waals surface area (Å²) in [6.45, 7) is 9.90. The first-order chi connectivity index (χ1) is 8.18. The number of anilines is 1. The van der Waals surface area contributed by atoms with Crippen LogP contribution in [0.1, 0.15) is 46.9 Å². The van der Waals surface area contributed by atoms with Gasteiger partial charge in [-0.05, 0) is 20.3 Å². The number of nitrogens with zero attached hydrogens (tertiary/aromatic N) is 2. The van der Waals surface area contributed by atoms with E-state index in [0.717, 1.165) is 0 Å². The Balaban J connectivity index is 2.87. The molecule has 0 spiro atoms. The molecule has 1 aromatic heterocycles. The minimum Gasteiger partial charge on any atom is -0.393 e. The summed E-state index contributed by atoms with van der Waals surface area (Å²) in [6, 6.07) is 1.83. The standard InChI is InChI=1S/C13H22ClN3O/c1-8(6-9(2)18)15-11-7-10(14)16-12(17-11)13(3,4)5/h7-9,18H,6H2,1-5H3,(H,15,16,17). The van der Waals surface area contributed by atoms with Crippen LogP contribution in [-0.4, -0.2) is 27.2 Å². The minimum atomic E-state index is -0.341. The lowest BCUT2D eigenvalue weighted by molar-refractivity contribution is 0.179. The Bertz CT molecular complexity index is 402. The molecule has 0 aliphatic rings. The van der Waals surface area contributed by atoms with Gasteiger partial charge >= 0.3 is 0 Å². The van der Waals surface area contributed by atoms with Crippen LogP contribution in [0.4, 0.5) is 5.82 Å². The molecule has 1 heterocycles. The molecule has 0 fully saturated rings. The number of aliphatic hydroxyl groups is 1. The Morgan fingerprint density at radius 3 is 2.44 bits per heavy atom. The zero-order chi connectivity index (χ0) is 13.9. The predicted octanol–water partition coefficient (Wildman–Crippen LogP) is 3.00. The Kier molecular flexibility index (Phi) is 4.93. The lowest BCUT2D eigenvalue weighted by atomic mass is 9.96. The average Bonchev–Trinajstić information content (AvgIpc) is 2.13. The van der Waals surface area contributed by atoms with E-state index in [1.54, 1.807) is 13.0 Å². The van der Waals surface area contributed by atoms with E-state index in [-0.39, 0.29) is 17.6 Å². The van der Waals surface area contributed by atoms with Crippen molar-refractivity contribution in [2.45, 2.75) is 58.6 Å². The molecule has 0 aliphatic heterocycles. The van der Waals surface area contributed by atoms with Crippen LogP contribution >= 0.6 is 11.6 Å². The van der Waals surface area contributed by atoms with Gasteiger partial charge in [0.2, 0.25) is 0 Å². The molecule has 18 heavy (non-hydrogen) atoms. The van der Waals surface area contributed by atoms with E-state index in [0.29, 0.717) is 23.2 Å². The van der Waals surface area contributed by atoms with Crippen LogP contribution in [0.2, 0.25) is 5.15 Å². The summed E-state index contributed by atoms with van der Waals surface area (Å²) in [5.41, 5.74) is -0.144. The topological polar surface area (TPSA) is 58.0 Å². The molecule has 0 aliphatic carbocycles. The zero-order valence-electron chi connectivity index (χ0n) is 11.7. The van der Waals surface area contributed by atoms with Crippen LogP contribution < -0.4 is 5.32 Å². The molecule has 0 saturated carbocycles. The lowest BCUT2D eigenvalue weighted by Gasteiger charge is -2.20. The van der Waals surface area contributed by atoms with Gasteiger partial charge in [-0.3, -0.25) is 0 Å². The summed E-state index contributed by atoms with van der Waals surface area (Å²) in [5, 5.41) is 13.0. The summed E-state index contributed by atoms with van der Waals surface area (Å²) in [7, 11) is 0. The minimum absolute atomic E-state index is 0.129. The van der Waals surface area contributed by atoms with Gasteiger partial charge < -0.3 is 10.4 Å². The van der Waals surface area contributed by atoms with E-state index in [1.165, 1.54) is 0 Å². The fourth-order valence-corrected chi connectivity index (χ4v) is 1.83. The summed E-state index contributed by atoms with van der Waals surface area (Å²) in [6.07, 6.45) is 0.318. The van der Waals surface area contributed by atoms with E-state index in [2.05, 4.69) is 15.3 Å². The van der Waals surface area contributed by atoms with Gasteiger partial charge in [0.05, 0.1) is 6.10 Å². The summed E-state index contributed by atoms with van der Waals surface area (Å²) >= 11 is 6.00. The van der Waals surface area contributed by atoms with E-state index in [1.807, 2.05) is 27.7 Å². The Morgan fingerprint density at radius 2 is 1.94 bits per heavy atom. The van der Waals surface area contributed by atoms with Crippen molar-refractivity contribution in [1.82, 2.24) is 9.97 Å². The van der Waals surface area contributed by atoms with E-state index < -0.39 is 0 Å². The second kappa shape index (κ2) is 5.85. The van der Waals surface area contributed by atoms with Crippen LogP contribution in [0.25, 0.3) is 0 Å². The molecule has 2 atom stereocenters. The van der Waals surface area contributed by atoms with Crippen LogP contribution in [0.5, 0.6) is 0 Å². The van der Waals surface area contributed by atoms with Gasteiger partial charge in [-0.25, -0.2) is 9.97 Å². The maximum atomic E-state index is 9.34. The molecule has 0 bridgehead atoms. The molecule has 0 amide bonds. The van der Waals surface area contributed by atoms with Crippen LogP contribution in [0, 0.1) is 0 Å². The average molecular weight is 272 g/mol. The normalized spacial score (nSPS) is 15.3. The van der Waals surface area contributed by atoms with E-state index >= 15 is 0 Å². The highest BCUT2D eigenvalue weighted by atomic mass is 35.5. The number of hydrogen-bond donors (Lipinski definition) is 2. The molecule has 1 aromatic rings. The highest BCUT2D eigenvalue weighted by Crippen LogP contribution is 2.22. The smallest absolute Gasteiger partial charge is 0.137 e. The molecule has 4 nitrogen and oxygen atoms in total. The predicted molar refractivity (Wildman–Crippen MR) is 75.1 cm³/mol. The Labute approximate surface area is 114 Å². The Morgan fingerprint density at radius 1 is 1.33 bits per heavy atom. The second-order valence-electron chi connectivity index (χ2n) is 5.78. The third-order valence-corrected chi connectivity index (χ3v) is 2.65. The summed E-state index contributed by atoms with van der Waals surface area (Å²) < 4.78 is 0. The first-order valence-corrected chi connectivity index (χ1v) is 6.56. The highest BCUT2D eigenvalue weighted by Gasteiger charge is 2.19. The fourth-order valence-electron chi connectivity index (χ4n) is 1.65.